The zero-order valence-corrected chi connectivity index (χ0v) is 10.1. The summed E-state index contributed by atoms with van der Waals surface area (Å²) in [5.74, 6) is 1.56. The number of hydrogen-bond donors (Lipinski definition) is 2. The van der Waals surface area contributed by atoms with Crippen LogP contribution in [-0.2, 0) is 0 Å². The van der Waals surface area contributed by atoms with Crippen molar-refractivity contribution in [2.75, 3.05) is 12.8 Å². The zero-order valence-electron chi connectivity index (χ0n) is 10.1. The molecule has 0 atom stereocenters. The molecule has 0 radical (unpaired) electrons. The normalized spacial score (nSPS) is 10.6. The zero-order chi connectivity index (χ0) is 13.2. The molecule has 0 spiro atoms. The first-order valence-corrected chi connectivity index (χ1v) is 5.55. The molecule has 3 N–H and O–H groups in total. The molecule has 3 aromatic rings. The maximum absolute atomic E-state index is 5.73. The second kappa shape index (κ2) is 4.45. The van der Waals surface area contributed by atoms with E-state index >= 15 is 0 Å². The van der Waals surface area contributed by atoms with E-state index in [-0.39, 0.29) is 5.95 Å². The van der Waals surface area contributed by atoms with Crippen molar-refractivity contribution >= 4 is 17.1 Å². The van der Waals surface area contributed by atoms with Gasteiger partial charge in [-0.1, -0.05) is 12.1 Å². The topological polar surface area (TPSA) is 98.9 Å². The van der Waals surface area contributed by atoms with Crippen molar-refractivity contribution in [2.24, 2.45) is 0 Å². The van der Waals surface area contributed by atoms with Gasteiger partial charge in [0.2, 0.25) is 5.95 Å². The number of aromatic amines is 1. The van der Waals surface area contributed by atoms with E-state index in [4.69, 9.17) is 15.2 Å². The fourth-order valence-corrected chi connectivity index (χ4v) is 1.70. The predicted molar refractivity (Wildman–Crippen MR) is 69.2 cm³/mol. The van der Waals surface area contributed by atoms with Crippen molar-refractivity contribution in [1.82, 2.24) is 19.9 Å². The number of aromatic nitrogens is 4. The van der Waals surface area contributed by atoms with Gasteiger partial charge in [0, 0.05) is 0 Å². The van der Waals surface area contributed by atoms with Gasteiger partial charge in [-0.15, -0.1) is 0 Å². The summed E-state index contributed by atoms with van der Waals surface area (Å²) in [6.45, 7) is 0. The number of rotatable bonds is 3. The highest BCUT2D eigenvalue weighted by molar-refractivity contribution is 5.77. The maximum atomic E-state index is 5.73. The molecule has 96 valence electrons. The first-order chi connectivity index (χ1) is 9.28. The van der Waals surface area contributed by atoms with Crippen molar-refractivity contribution in [1.29, 1.82) is 0 Å². The van der Waals surface area contributed by atoms with Crippen LogP contribution in [0.3, 0.4) is 0 Å². The highest BCUT2D eigenvalue weighted by Gasteiger charge is 2.12. The van der Waals surface area contributed by atoms with Gasteiger partial charge < -0.3 is 20.2 Å². The SMILES string of the molecule is COc1ccccc1Oc1nc(N)nc2nc[nH]c12. The number of nitrogens with zero attached hydrogens (tertiary/aromatic N) is 3. The lowest BCUT2D eigenvalue weighted by molar-refractivity contribution is 0.375. The van der Waals surface area contributed by atoms with E-state index in [1.54, 1.807) is 19.2 Å². The number of methoxy groups -OCH3 is 1. The van der Waals surface area contributed by atoms with Gasteiger partial charge in [0.25, 0.3) is 5.88 Å². The molecule has 0 saturated heterocycles. The van der Waals surface area contributed by atoms with Gasteiger partial charge in [0.05, 0.1) is 13.4 Å². The molecule has 0 fully saturated rings. The van der Waals surface area contributed by atoms with Crippen LogP contribution in [-0.4, -0.2) is 27.0 Å². The summed E-state index contributed by atoms with van der Waals surface area (Å²) in [7, 11) is 1.57. The van der Waals surface area contributed by atoms with E-state index in [1.807, 2.05) is 12.1 Å². The van der Waals surface area contributed by atoms with Gasteiger partial charge in [-0.05, 0) is 12.1 Å². The van der Waals surface area contributed by atoms with Crippen LogP contribution in [0.2, 0.25) is 0 Å². The highest BCUT2D eigenvalue weighted by atomic mass is 16.5. The van der Waals surface area contributed by atoms with Crippen LogP contribution < -0.4 is 15.2 Å². The fraction of sp³-hybridized carbons (Fsp3) is 0.0833. The molecule has 2 heterocycles. The van der Waals surface area contributed by atoms with Gasteiger partial charge in [-0.3, -0.25) is 0 Å². The summed E-state index contributed by atoms with van der Waals surface area (Å²) in [4.78, 5) is 15.0. The Hall–Kier alpha value is -2.83. The Balaban J connectivity index is 2.07. The molecule has 2 aromatic heterocycles. The van der Waals surface area contributed by atoms with Crippen molar-refractivity contribution in [3.8, 4) is 17.4 Å². The smallest absolute Gasteiger partial charge is 0.250 e. The number of fused-ring (bicyclic) bond motifs is 1. The Kier molecular flexibility index (Phi) is 2.64. The van der Waals surface area contributed by atoms with Gasteiger partial charge in [-0.2, -0.15) is 9.97 Å². The third kappa shape index (κ3) is 2.01. The van der Waals surface area contributed by atoms with Crippen LogP contribution >= 0.6 is 0 Å². The third-order valence-electron chi connectivity index (χ3n) is 2.55. The molecular weight excluding hydrogens is 246 g/mol. The monoisotopic (exact) mass is 257 g/mol. The Morgan fingerprint density at radius 1 is 1.16 bits per heavy atom. The van der Waals surface area contributed by atoms with Gasteiger partial charge >= 0.3 is 0 Å². The molecule has 0 aliphatic heterocycles. The van der Waals surface area contributed by atoms with Crippen molar-refractivity contribution < 1.29 is 9.47 Å². The minimum absolute atomic E-state index is 0.101. The number of anilines is 1. The Morgan fingerprint density at radius 2 is 1.95 bits per heavy atom. The fourth-order valence-electron chi connectivity index (χ4n) is 1.70. The lowest BCUT2D eigenvalue weighted by atomic mass is 10.3. The molecule has 1 aromatic carbocycles. The second-order valence-corrected chi connectivity index (χ2v) is 3.74. The van der Waals surface area contributed by atoms with Crippen LogP contribution in [0.4, 0.5) is 5.95 Å². The average molecular weight is 257 g/mol. The molecule has 0 amide bonds. The summed E-state index contributed by atoms with van der Waals surface area (Å²) >= 11 is 0. The number of imidazole rings is 1. The van der Waals surface area contributed by atoms with E-state index < -0.39 is 0 Å². The van der Waals surface area contributed by atoms with Gasteiger partial charge in [0.15, 0.2) is 17.1 Å². The molecule has 7 heteroatoms. The van der Waals surface area contributed by atoms with Crippen LogP contribution in [0.5, 0.6) is 17.4 Å². The molecule has 19 heavy (non-hydrogen) atoms. The molecule has 0 unspecified atom stereocenters. The van der Waals surface area contributed by atoms with Crippen molar-refractivity contribution in [3.63, 3.8) is 0 Å². The first kappa shape index (κ1) is 11.3. The number of H-pyrrole nitrogens is 1. The summed E-state index contributed by atoms with van der Waals surface area (Å²) in [6, 6.07) is 7.27. The summed E-state index contributed by atoms with van der Waals surface area (Å²) in [5, 5.41) is 0. The van der Waals surface area contributed by atoms with Gasteiger partial charge in [-0.25, -0.2) is 4.98 Å². The third-order valence-corrected chi connectivity index (χ3v) is 2.55. The molecule has 0 aliphatic carbocycles. The maximum Gasteiger partial charge on any atom is 0.250 e. The lowest BCUT2D eigenvalue weighted by Gasteiger charge is -2.09. The van der Waals surface area contributed by atoms with Crippen LogP contribution in [0, 0.1) is 0 Å². The Bertz CT molecular complexity index is 725. The van der Waals surface area contributed by atoms with E-state index in [9.17, 15) is 0 Å². The molecule has 0 bridgehead atoms. The molecule has 7 nitrogen and oxygen atoms in total. The van der Waals surface area contributed by atoms with Crippen LogP contribution in [0.1, 0.15) is 0 Å². The number of nitrogens with one attached hydrogen (secondary N) is 1. The Labute approximate surface area is 108 Å². The number of nitrogens with two attached hydrogens (primary N) is 1. The summed E-state index contributed by atoms with van der Waals surface area (Å²) < 4.78 is 10.9. The van der Waals surface area contributed by atoms with Crippen LogP contribution in [0.25, 0.3) is 11.2 Å². The predicted octanol–water partition coefficient (Wildman–Crippen LogP) is 1.74. The minimum Gasteiger partial charge on any atom is -0.493 e. The van der Waals surface area contributed by atoms with E-state index in [0.29, 0.717) is 28.5 Å². The number of ether oxygens (including phenoxy) is 2. The summed E-state index contributed by atoms with van der Waals surface area (Å²) in [5.41, 5.74) is 6.66. The van der Waals surface area contributed by atoms with E-state index in [1.165, 1.54) is 6.33 Å². The first-order valence-electron chi connectivity index (χ1n) is 5.55. The Morgan fingerprint density at radius 3 is 2.74 bits per heavy atom. The quantitative estimate of drug-likeness (QED) is 0.741. The van der Waals surface area contributed by atoms with Crippen molar-refractivity contribution in [3.05, 3.63) is 30.6 Å². The molecule has 0 saturated carbocycles. The van der Waals surface area contributed by atoms with Crippen LogP contribution in [0.15, 0.2) is 30.6 Å². The van der Waals surface area contributed by atoms with Crippen molar-refractivity contribution in [2.45, 2.75) is 0 Å². The molecule has 0 aliphatic rings. The van der Waals surface area contributed by atoms with E-state index in [2.05, 4.69) is 19.9 Å². The number of hydrogen-bond acceptors (Lipinski definition) is 6. The largest absolute Gasteiger partial charge is 0.493 e. The molecule has 3 rings (SSSR count). The average Bonchev–Trinajstić information content (AvgIpc) is 2.87. The standard InChI is InChI=1S/C12H11N5O2/c1-18-7-4-2-3-5-8(7)19-11-9-10(15-6-14-9)16-12(13)17-11/h2-6H,1H3,(H3,13,14,15,16,17). The highest BCUT2D eigenvalue weighted by Crippen LogP contribution is 2.32. The van der Waals surface area contributed by atoms with E-state index in [0.717, 1.165) is 0 Å². The second-order valence-electron chi connectivity index (χ2n) is 3.74. The lowest BCUT2D eigenvalue weighted by Crippen LogP contribution is -1.99. The molecular formula is C12H11N5O2. The minimum atomic E-state index is 0.101. The summed E-state index contributed by atoms with van der Waals surface area (Å²) in [6.07, 6.45) is 1.51. The number of nitrogen functional groups attached to an aromatic ring is 1. The number of para-hydroxylation sites is 2. The number of benzene rings is 1. The van der Waals surface area contributed by atoms with Gasteiger partial charge in [0.1, 0.15) is 5.52 Å².